The van der Waals surface area contributed by atoms with Crippen LogP contribution in [-0.4, -0.2) is 32.9 Å². The van der Waals surface area contributed by atoms with Gasteiger partial charge in [-0.2, -0.15) is 0 Å². The molecule has 0 heterocycles. The summed E-state index contributed by atoms with van der Waals surface area (Å²) in [7, 11) is -2.93. The fourth-order valence-corrected chi connectivity index (χ4v) is 2.03. The Hall–Kier alpha value is -0.580. The lowest BCUT2D eigenvalue weighted by Crippen LogP contribution is -2.24. The number of unbranched alkanes of at least 4 members (excludes halogenated alkanes) is 3. The number of sulfone groups is 1. The summed E-state index contributed by atoms with van der Waals surface area (Å²) in [5.74, 6) is 0.0520. The number of carbonyl (C=O) groups excluding carboxylic acids is 1. The third kappa shape index (κ3) is 11.5. The Morgan fingerprint density at radius 3 is 2.38 bits per heavy atom. The van der Waals surface area contributed by atoms with Crippen LogP contribution in [0.1, 0.15) is 45.4 Å². The van der Waals surface area contributed by atoms with Crippen LogP contribution in [0, 0.1) is 0 Å². The molecule has 0 saturated heterocycles. The third-order valence-corrected chi connectivity index (χ3v) is 3.30. The van der Waals surface area contributed by atoms with Gasteiger partial charge in [0.2, 0.25) is 5.91 Å². The van der Waals surface area contributed by atoms with Gasteiger partial charge in [-0.3, -0.25) is 4.79 Å². The van der Waals surface area contributed by atoms with Crippen molar-refractivity contribution in [2.45, 2.75) is 45.4 Å². The molecule has 1 amide bonds. The first-order valence-electron chi connectivity index (χ1n) is 5.90. The Morgan fingerprint density at radius 2 is 1.81 bits per heavy atom. The van der Waals surface area contributed by atoms with Crippen LogP contribution in [0.3, 0.4) is 0 Å². The predicted molar refractivity (Wildman–Crippen MR) is 66.1 cm³/mol. The number of carbonyl (C=O) groups is 1. The van der Waals surface area contributed by atoms with Gasteiger partial charge in [0.15, 0.2) is 0 Å². The molecule has 0 bridgehead atoms. The first-order valence-corrected chi connectivity index (χ1v) is 7.96. The lowest BCUT2D eigenvalue weighted by molar-refractivity contribution is -0.121. The van der Waals surface area contributed by atoms with Crippen molar-refractivity contribution in [3.8, 4) is 0 Å². The lowest BCUT2D eigenvalue weighted by atomic mass is 10.2. The van der Waals surface area contributed by atoms with Crippen molar-refractivity contribution in [2.24, 2.45) is 0 Å². The summed E-state index contributed by atoms with van der Waals surface area (Å²) >= 11 is 0. The van der Waals surface area contributed by atoms with E-state index < -0.39 is 9.84 Å². The van der Waals surface area contributed by atoms with Crippen LogP contribution in [0.15, 0.2) is 0 Å². The molecular weight excluding hydrogens is 226 g/mol. The topological polar surface area (TPSA) is 63.2 Å². The van der Waals surface area contributed by atoms with Gasteiger partial charge in [0.1, 0.15) is 9.84 Å². The van der Waals surface area contributed by atoms with Gasteiger partial charge < -0.3 is 5.32 Å². The average Bonchev–Trinajstić information content (AvgIpc) is 2.15. The van der Waals surface area contributed by atoms with Crippen molar-refractivity contribution in [3.05, 3.63) is 0 Å². The molecule has 1 N–H and O–H groups in total. The summed E-state index contributed by atoms with van der Waals surface area (Å²) in [6, 6.07) is 0. The Bertz CT molecular complexity index is 286. The van der Waals surface area contributed by atoms with E-state index in [2.05, 4.69) is 12.2 Å². The maximum absolute atomic E-state index is 11.3. The first-order chi connectivity index (χ1) is 7.45. The van der Waals surface area contributed by atoms with Gasteiger partial charge in [0.25, 0.3) is 0 Å². The van der Waals surface area contributed by atoms with Crippen molar-refractivity contribution in [2.75, 3.05) is 18.6 Å². The molecule has 96 valence electrons. The van der Waals surface area contributed by atoms with E-state index in [0.717, 1.165) is 12.8 Å². The molecule has 4 nitrogen and oxygen atoms in total. The Balaban J connectivity index is 3.38. The minimum atomic E-state index is -2.93. The van der Waals surface area contributed by atoms with Gasteiger partial charge >= 0.3 is 0 Å². The number of hydrogen-bond acceptors (Lipinski definition) is 3. The maximum atomic E-state index is 11.3. The Kier molecular flexibility index (Phi) is 8.25. The van der Waals surface area contributed by atoms with Crippen LogP contribution in [0.2, 0.25) is 0 Å². The molecule has 0 aromatic carbocycles. The molecule has 0 rings (SSSR count). The van der Waals surface area contributed by atoms with Crippen LogP contribution < -0.4 is 5.32 Å². The SMILES string of the molecule is CCCCCCNC(=O)CCCS(C)(=O)=O. The second kappa shape index (κ2) is 8.56. The van der Waals surface area contributed by atoms with Gasteiger partial charge in [0.05, 0.1) is 5.75 Å². The lowest BCUT2D eigenvalue weighted by Gasteiger charge is -2.04. The second-order valence-electron chi connectivity index (χ2n) is 4.14. The Morgan fingerprint density at radius 1 is 1.12 bits per heavy atom. The largest absolute Gasteiger partial charge is 0.356 e. The van der Waals surface area contributed by atoms with E-state index in [9.17, 15) is 13.2 Å². The number of amides is 1. The summed E-state index contributed by atoms with van der Waals surface area (Å²) in [4.78, 5) is 11.3. The smallest absolute Gasteiger partial charge is 0.220 e. The summed E-state index contributed by atoms with van der Waals surface area (Å²) in [5.41, 5.74) is 0. The zero-order valence-electron chi connectivity index (χ0n) is 10.3. The molecule has 16 heavy (non-hydrogen) atoms. The van der Waals surface area contributed by atoms with Crippen molar-refractivity contribution in [3.63, 3.8) is 0 Å². The molecule has 0 atom stereocenters. The molecule has 0 spiro atoms. The van der Waals surface area contributed by atoms with Crippen molar-refractivity contribution >= 4 is 15.7 Å². The van der Waals surface area contributed by atoms with E-state index in [1.54, 1.807) is 0 Å². The highest BCUT2D eigenvalue weighted by atomic mass is 32.2. The number of nitrogens with one attached hydrogen (secondary N) is 1. The first kappa shape index (κ1) is 15.4. The van der Waals surface area contributed by atoms with Gasteiger partial charge in [-0.1, -0.05) is 26.2 Å². The molecule has 0 fully saturated rings. The van der Waals surface area contributed by atoms with E-state index in [4.69, 9.17) is 0 Å². The zero-order chi connectivity index (χ0) is 12.4. The number of hydrogen-bond donors (Lipinski definition) is 1. The average molecular weight is 249 g/mol. The van der Waals surface area contributed by atoms with Crippen molar-refractivity contribution in [1.29, 1.82) is 0 Å². The minimum Gasteiger partial charge on any atom is -0.356 e. The van der Waals surface area contributed by atoms with Crippen molar-refractivity contribution in [1.82, 2.24) is 5.32 Å². The summed E-state index contributed by atoms with van der Waals surface area (Å²) in [6.07, 6.45) is 6.44. The standard InChI is InChI=1S/C11H23NO3S/c1-3-4-5-6-9-12-11(13)8-7-10-16(2,14)15/h3-10H2,1-2H3,(H,12,13). The van der Waals surface area contributed by atoms with Gasteiger partial charge in [-0.25, -0.2) is 8.42 Å². The number of rotatable bonds is 9. The molecule has 0 radical (unpaired) electrons. The van der Waals surface area contributed by atoms with E-state index in [0.29, 0.717) is 19.4 Å². The molecule has 0 aliphatic rings. The monoisotopic (exact) mass is 249 g/mol. The van der Waals surface area contributed by atoms with Crippen LogP contribution >= 0.6 is 0 Å². The fourth-order valence-electron chi connectivity index (χ4n) is 1.36. The van der Waals surface area contributed by atoms with Gasteiger partial charge in [0, 0.05) is 19.2 Å². The maximum Gasteiger partial charge on any atom is 0.220 e. The normalized spacial score (nSPS) is 11.4. The molecule has 0 aliphatic heterocycles. The third-order valence-electron chi connectivity index (χ3n) is 2.27. The molecule has 0 aliphatic carbocycles. The van der Waals surface area contributed by atoms with Gasteiger partial charge in [-0.05, 0) is 12.8 Å². The van der Waals surface area contributed by atoms with Crippen LogP contribution in [0.5, 0.6) is 0 Å². The molecule has 5 heteroatoms. The molecule has 0 aromatic heterocycles. The highest BCUT2D eigenvalue weighted by Gasteiger charge is 2.05. The van der Waals surface area contributed by atoms with E-state index in [1.807, 2.05) is 0 Å². The van der Waals surface area contributed by atoms with E-state index >= 15 is 0 Å². The summed E-state index contributed by atoms with van der Waals surface area (Å²) in [6.45, 7) is 2.85. The van der Waals surface area contributed by atoms with Gasteiger partial charge in [-0.15, -0.1) is 0 Å². The van der Waals surface area contributed by atoms with E-state index in [1.165, 1.54) is 19.1 Å². The predicted octanol–water partition coefficient (Wildman–Crippen LogP) is 1.51. The van der Waals surface area contributed by atoms with E-state index in [-0.39, 0.29) is 11.7 Å². The molecule has 0 aromatic rings. The van der Waals surface area contributed by atoms with Crippen LogP contribution in [0.4, 0.5) is 0 Å². The van der Waals surface area contributed by atoms with Crippen LogP contribution in [-0.2, 0) is 14.6 Å². The fraction of sp³-hybridized carbons (Fsp3) is 0.909. The Labute approximate surface area is 98.7 Å². The highest BCUT2D eigenvalue weighted by Crippen LogP contribution is 1.98. The molecule has 0 saturated carbocycles. The minimum absolute atomic E-state index is 0.0415. The highest BCUT2D eigenvalue weighted by molar-refractivity contribution is 7.90. The summed E-state index contributed by atoms with van der Waals surface area (Å²) in [5, 5.41) is 2.79. The quantitative estimate of drug-likeness (QED) is 0.630. The van der Waals surface area contributed by atoms with Crippen molar-refractivity contribution < 1.29 is 13.2 Å². The molecule has 0 unspecified atom stereocenters. The second-order valence-corrected chi connectivity index (χ2v) is 6.40. The molecular formula is C11H23NO3S. The summed E-state index contributed by atoms with van der Waals surface area (Å²) < 4.78 is 21.6. The zero-order valence-corrected chi connectivity index (χ0v) is 11.1. The van der Waals surface area contributed by atoms with Crippen LogP contribution in [0.25, 0.3) is 0 Å².